The van der Waals surface area contributed by atoms with Gasteiger partial charge in [-0.1, -0.05) is 30.3 Å². The quantitative estimate of drug-likeness (QED) is 0.568. The lowest BCUT2D eigenvalue weighted by Crippen LogP contribution is -2.35. The zero-order valence-corrected chi connectivity index (χ0v) is 13.9. The van der Waals surface area contributed by atoms with E-state index in [0.29, 0.717) is 6.07 Å². The molecule has 0 aromatic heterocycles. The Kier molecular flexibility index (Phi) is 6.93. The third kappa shape index (κ3) is 6.14. The van der Waals surface area contributed by atoms with Crippen LogP contribution in [0.4, 0.5) is 18.9 Å². The molecule has 0 aliphatic heterocycles. The summed E-state index contributed by atoms with van der Waals surface area (Å²) in [5.41, 5.74) is 0.151. The minimum atomic E-state index is -1.72. The number of carbonyl (C=O) groups excluding carboxylic acids is 3. The number of hydrogen-bond acceptors (Lipinski definition) is 4. The van der Waals surface area contributed by atoms with E-state index in [4.69, 9.17) is 4.74 Å². The van der Waals surface area contributed by atoms with Gasteiger partial charge in [-0.15, -0.1) is 0 Å². The van der Waals surface area contributed by atoms with E-state index < -0.39 is 54.1 Å². The maximum atomic E-state index is 13.4. The van der Waals surface area contributed by atoms with Gasteiger partial charge in [-0.05, 0) is 17.7 Å². The van der Waals surface area contributed by atoms with Crippen LogP contribution in [0, 0.1) is 17.5 Å². The normalized spacial score (nSPS) is 10.2. The molecule has 9 heteroatoms. The van der Waals surface area contributed by atoms with Gasteiger partial charge in [0.15, 0.2) is 24.1 Å². The lowest BCUT2D eigenvalue weighted by molar-refractivity contribution is -0.147. The number of rotatable bonds is 7. The molecule has 0 saturated heterocycles. The van der Waals surface area contributed by atoms with Crippen LogP contribution in [-0.4, -0.2) is 30.9 Å². The van der Waals surface area contributed by atoms with E-state index in [-0.39, 0.29) is 6.42 Å². The average molecular weight is 380 g/mol. The number of ether oxygens (including phenoxy) is 1. The predicted molar refractivity (Wildman–Crippen MR) is 89.1 cm³/mol. The Labute approximate surface area is 152 Å². The minimum absolute atomic E-state index is 0.00991. The Morgan fingerprint density at radius 3 is 2.30 bits per heavy atom. The predicted octanol–water partition coefficient (Wildman–Crippen LogP) is 1.94. The highest BCUT2D eigenvalue weighted by molar-refractivity contribution is 5.95. The molecule has 0 atom stereocenters. The number of esters is 1. The Balaban J connectivity index is 1.73. The number of halogens is 3. The molecule has 0 aliphatic carbocycles. The number of hydrogen-bond donors (Lipinski definition) is 2. The standard InChI is InChI=1S/C18H15F3N2O4/c19-12-6-7-13(18(21)17(12)20)23-14(24)9-22-15(25)10-27-16(26)8-11-4-2-1-3-5-11/h1-7H,8-10H2,(H,22,25)(H,23,24). The molecule has 2 aromatic carbocycles. The van der Waals surface area contributed by atoms with Crippen molar-refractivity contribution < 1.29 is 32.3 Å². The average Bonchev–Trinajstić information content (AvgIpc) is 2.66. The van der Waals surface area contributed by atoms with Gasteiger partial charge >= 0.3 is 5.97 Å². The first kappa shape index (κ1) is 20.0. The molecule has 2 N–H and O–H groups in total. The van der Waals surface area contributed by atoms with Crippen LogP contribution in [0.2, 0.25) is 0 Å². The fraction of sp³-hybridized carbons (Fsp3) is 0.167. The molecule has 0 fully saturated rings. The van der Waals surface area contributed by atoms with Gasteiger partial charge in [0.25, 0.3) is 5.91 Å². The van der Waals surface area contributed by atoms with Crippen LogP contribution in [-0.2, 0) is 25.5 Å². The monoisotopic (exact) mass is 380 g/mol. The van der Waals surface area contributed by atoms with Crippen molar-refractivity contribution in [3.63, 3.8) is 0 Å². The fourth-order valence-corrected chi connectivity index (χ4v) is 2.01. The zero-order chi connectivity index (χ0) is 19.8. The highest BCUT2D eigenvalue weighted by Crippen LogP contribution is 2.19. The molecule has 0 aliphatic rings. The van der Waals surface area contributed by atoms with Crippen LogP contribution < -0.4 is 10.6 Å². The van der Waals surface area contributed by atoms with Gasteiger partial charge in [-0.3, -0.25) is 14.4 Å². The van der Waals surface area contributed by atoms with Crippen LogP contribution in [0.1, 0.15) is 5.56 Å². The summed E-state index contributed by atoms with van der Waals surface area (Å²) in [4.78, 5) is 34.8. The lowest BCUT2D eigenvalue weighted by Gasteiger charge is -2.09. The number of benzene rings is 2. The number of carbonyl (C=O) groups is 3. The summed E-state index contributed by atoms with van der Waals surface area (Å²) in [5.74, 6) is -6.91. The number of amides is 2. The topological polar surface area (TPSA) is 84.5 Å². The highest BCUT2D eigenvalue weighted by atomic mass is 19.2. The van der Waals surface area contributed by atoms with E-state index in [0.717, 1.165) is 11.6 Å². The van der Waals surface area contributed by atoms with Gasteiger partial charge in [-0.2, -0.15) is 0 Å². The molecule has 0 radical (unpaired) electrons. The smallest absolute Gasteiger partial charge is 0.310 e. The van der Waals surface area contributed by atoms with Crippen molar-refractivity contribution in [1.82, 2.24) is 5.32 Å². The molecule has 0 spiro atoms. The summed E-state index contributed by atoms with van der Waals surface area (Å²) >= 11 is 0. The van der Waals surface area contributed by atoms with E-state index in [2.05, 4.69) is 5.32 Å². The van der Waals surface area contributed by atoms with Crippen molar-refractivity contribution in [3.8, 4) is 0 Å². The Morgan fingerprint density at radius 2 is 1.59 bits per heavy atom. The molecule has 0 bridgehead atoms. The summed E-state index contributed by atoms with van der Waals surface area (Å²) in [5, 5.41) is 4.14. The number of anilines is 1. The lowest BCUT2D eigenvalue weighted by atomic mass is 10.2. The molecule has 6 nitrogen and oxygen atoms in total. The van der Waals surface area contributed by atoms with E-state index in [9.17, 15) is 27.6 Å². The van der Waals surface area contributed by atoms with Gasteiger partial charge in [0.2, 0.25) is 5.91 Å². The Bertz CT molecular complexity index is 844. The maximum absolute atomic E-state index is 13.4. The first-order valence-corrected chi connectivity index (χ1v) is 7.76. The fourth-order valence-electron chi connectivity index (χ4n) is 2.01. The second-order valence-electron chi connectivity index (χ2n) is 5.37. The molecular weight excluding hydrogens is 365 g/mol. The van der Waals surface area contributed by atoms with Crippen LogP contribution in [0.15, 0.2) is 42.5 Å². The highest BCUT2D eigenvalue weighted by Gasteiger charge is 2.16. The van der Waals surface area contributed by atoms with Gasteiger partial charge in [0, 0.05) is 0 Å². The molecule has 27 heavy (non-hydrogen) atoms. The van der Waals surface area contributed by atoms with Crippen LogP contribution >= 0.6 is 0 Å². The van der Waals surface area contributed by atoms with Gasteiger partial charge < -0.3 is 15.4 Å². The second kappa shape index (κ2) is 9.37. The third-order valence-electron chi connectivity index (χ3n) is 3.31. The summed E-state index contributed by atoms with van der Waals surface area (Å²) < 4.78 is 44.1. The van der Waals surface area contributed by atoms with Crippen LogP contribution in [0.5, 0.6) is 0 Å². The Hall–Kier alpha value is -3.36. The summed E-state index contributed by atoms with van der Waals surface area (Å²) in [6, 6.07) is 10.2. The van der Waals surface area contributed by atoms with Gasteiger partial charge in [-0.25, -0.2) is 13.2 Å². The van der Waals surface area contributed by atoms with Gasteiger partial charge in [0.1, 0.15) is 0 Å². The molecule has 142 valence electrons. The van der Waals surface area contributed by atoms with E-state index >= 15 is 0 Å². The molecule has 0 heterocycles. The van der Waals surface area contributed by atoms with Crippen molar-refractivity contribution in [2.75, 3.05) is 18.5 Å². The van der Waals surface area contributed by atoms with Crippen molar-refractivity contribution in [2.24, 2.45) is 0 Å². The SMILES string of the molecule is O=C(COC(=O)Cc1ccccc1)NCC(=O)Nc1ccc(F)c(F)c1F. The van der Waals surface area contributed by atoms with E-state index in [1.165, 1.54) is 0 Å². The molecule has 0 saturated carbocycles. The van der Waals surface area contributed by atoms with Crippen LogP contribution in [0.25, 0.3) is 0 Å². The molecule has 0 unspecified atom stereocenters. The van der Waals surface area contributed by atoms with Crippen molar-refractivity contribution in [3.05, 3.63) is 65.5 Å². The summed E-state index contributed by atoms with van der Waals surface area (Å²) in [6.07, 6.45) is -0.00991. The third-order valence-corrected chi connectivity index (χ3v) is 3.31. The first-order chi connectivity index (χ1) is 12.9. The van der Waals surface area contributed by atoms with E-state index in [1.54, 1.807) is 30.3 Å². The second-order valence-corrected chi connectivity index (χ2v) is 5.37. The minimum Gasteiger partial charge on any atom is -0.455 e. The Morgan fingerprint density at radius 1 is 0.889 bits per heavy atom. The molecule has 2 amide bonds. The van der Waals surface area contributed by atoms with Gasteiger partial charge in [0.05, 0.1) is 18.7 Å². The zero-order valence-electron chi connectivity index (χ0n) is 13.9. The van der Waals surface area contributed by atoms with Crippen molar-refractivity contribution in [1.29, 1.82) is 0 Å². The van der Waals surface area contributed by atoms with Crippen LogP contribution in [0.3, 0.4) is 0 Å². The summed E-state index contributed by atoms with van der Waals surface area (Å²) in [6.45, 7) is -1.17. The largest absolute Gasteiger partial charge is 0.455 e. The summed E-state index contributed by atoms with van der Waals surface area (Å²) in [7, 11) is 0. The first-order valence-electron chi connectivity index (χ1n) is 7.76. The van der Waals surface area contributed by atoms with E-state index in [1.807, 2.05) is 5.32 Å². The number of nitrogens with one attached hydrogen (secondary N) is 2. The van der Waals surface area contributed by atoms with Crippen molar-refractivity contribution in [2.45, 2.75) is 6.42 Å². The molecule has 2 rings (SSSR count). The van der Waals surface area contributed by atoms with Crippen molar-refractivity contribution >= 4 is 23.5 Å². The maximum Gasteiger partial charge on any atom is 0.310 e. The molecule has 2 aromatic rings. The molecular formula is C18H15F3N2O4.